The molecule has 0 radical (unpaired) electrons. The summed E-state index contributed by atoms with van der Waals surface area (Å²) in [7, 11) is 0. The van der Waals surface area contributed by atoms with Crippen molar-refractivity contribution in [3.05, 3.63) is 59.2 Å². The lowest BCUT2D eigenvalue weighted by molar-refractivity contribution is -0.143. The average molecular weight is 530 g/mol. The molecule has 1 heterocycles. The van der Waals surface area contributed by atoms with Crippen molar-refractivity contribution in [2.75, 3.05) is 31.1 Å². The van der Waals surface area contributed by atoms with Gasteiger partial charge in [-0.05, 0) is 75.3 Å². The number of anilines is 1. The lowest BCUT2D eigenvalue weighted by atomic mass is 9.87. The molecule has 1 aliphatic carbocycles. The summed E-state index contributed by atoms with van der Waals surface area (Å²) < 4.78 is 34.7. The predicted octanol–water partition coefficient (Wildman–Crippen LogP) is 4.14. The van der Waals surface area contributed by atoms with Gasteiger partial charge in [-0.2, -0.15) is 0 Å². The third kappa shape index (κ3) is 6.99. The van der Waals surface area contributed by atoms with E-state index in [9.17, 15) is 23.2 Å². The van der Waals surface area contributed by atoms with Gasteiger partial charge in [0, 0.05) is 43.5 Å². The number of carboxylic acid groups (broad SMARTS) is 1. The third-order valence-electron chi connectivity index (χ3n) is 7.13. The van der Waals surface area contributed by atoms with E-state index in [1.165, 1.54) is 19.3 Å². The van der Waals surface area contributed by atoms with Gasteiger partial charge in [0.2, 0.25) is 0 Å². The number of nitrogens with zero attached hydrogens (tertiary/aromatic N) is 1. The van der Waals surface area contributed by atoms with E-state index >= 15 is 0 Å². The van der Waals surface area contributed by atoms with Crippen LogP contribution in [0.1, 0.15) is 65.7 Å². The van der Waals surface area contributed by atoms with E-state index in [4.69, 9.17) is 9.84 Å². The number of carbonyl (C=O) groups excluding carboxylic acids is 2. The van der Waals surface area contributed by atoms with Crippen LogP contribution < -0.4 is 20.3 Å². The fourth-order valence-corrected chi connectivity index (χ4v) is 4.93. The number of amides is 2. The lowest BCUT2D eigenvalue weighted by Gasteiger charge is -2.28. The summed E-state index contributed by atoms with van der Waals surface area (Å²) in [5.74, 6) is -4.53. The Morgan fingerprint density at radius 3 is 2.13 bits per heavy atom. The minimum Gasteiger partial charge on any atom is -0.487 e. The summed E-state index contributed by atoms with van der Waals surface area (Å²) in [6.07, 6.45) is 4.83. The van der Waals surface area contributed by atoms with Crippen LogP contribution in [0.5, 0.6) is 5.75 Å². The van der Waals surface area contributed by atoms with Gasteiger partial charge in [0.25, 0.3) is 11.8 Å². The van der Waals surface area contributed by atoms with Crippen molar-refractivity contribution in [2.45, 2.75) is 51.0 Å². The second-order valence-corrected chi connectivity index (χ2v) is 9.80. The highest BCUT2D eigenvalue weighted by atomic mass is 19.1. The van der Waals surface area contributed by atoms with Crippen LogP contribution in [-0.4, -0.2) is 55.2 Å². The molecule has 2 aromatic carbocycles. The number of benzene rings is 2. The van der Waals surface area contributed by atoms with Gasteiger partial charge < -0.3 is 25.4 Å². The van der Waals surface area contributed by atoms with E-state index in [1.807, 2.05) is 12.1 Å². The first kappa shape index (κ1) is 27.3. The lowest BCUT2D eigenvalue weighted by Crippen LogP contribution is -2.35. The predicted molar refractivity (Wildman–Crippen MR) is 138 cm³/mol. The molecule has 4 rings (SSSR count). The second-order valence-electron chi connectivity index (χ2n) is 9.80. The second kappa shape index (κ2) is 12.7. The molecule has 1 saturated heterocycles. The number of nitrogens with one attached hydrogen (secondary N) is 2. The van der Waals surface area contributed by atoms with E-state index < -0.39 is 41.1 Å². The molecule has 10 heteroatoms. The van der Waals surface area contributed by atoms with Gasteiger partial charge in [-0.1, -0.05) is 0 Å². The van der Waals surface area contributed by atoms with Crippen LogP contribution in [0.2, 0.25) is 0 Å². The molecule has 204 valence electrons. The number of halogens is 2. The van der Waals surface area contributed by atoms with Crippen molar-refractivity contribution in [3.63, 3.8) is 0 Å². The maximum absolute atomic E-state index is 14.6. The van der Waals surface area contributed by atoms with Gasteiger partial charge in [-0.25, -0.2) is 8.78 Å². The molecule has 38 heavy (non-hydrogen) atoms. The zero-order chi connectivity index (χ0) is 27.1. The molecule has 2 aromatic rings. The normalized spacial score (nSPS) is 19.5. The summed E-state index contributed by atoms with van der Waals surface area (Å²) in [6.45, 7) is 2.17. The van der Waals surface area contributed by atoms with Crippen LogP contribution in [0.25, 0.3) is 0 Å². The fraction of sp³-hybridized carbons (Fsp3) is 0.464. The molecule has 8 nitrogen and oxygen atoms in total. The van der Waals surface area contributed by atoms with Crippen molar-refractivity contribution in [2.24, 2.45) is 5.92 Å². The molecule has 3 N–H and O–H groups in total. The summed E-state index contributed by atoms with van der Waals surface area (Å²) in [6, 6.07) is 8.99. The Balaban J connectivity index is 1.22. The average Bonchev–Trinajstić information content (AvgIpc) is 2.93. The standard InChI is InChI=1S/C28H33F2N3O5/c29-23-17-25(38-21-10-6-19(7-11-21)28(36)37)24(30)16-22(23)27(35)32-13-12-31-26(34)18-4-8-20(9-5-18)33-14-2-1-3-15-33/h4-5,8-9,16-17,19,21H,1-3,6-7,10-15H2,(H,31,34)(H,32,35)(H,36,37)/t19-,21+. The van der Waals surface area contributed by atoms with Crippen LogP contribution in [0.3, 0.4) is 0 Å². The quantitative estimate of drug-likeness (QED) is 0.422. The van der Waals surface area contributed by atoms with E-state index in [1.54, 1.807) is 12.1 Å². The van der Waals surface area contributed by atoms with Crippen molar-refractivity contribution < 1.29 is 33.0 Å². The molecule has 2 fully saturated rings. The summed E-state index contributed by atoms with van der Waals surface area (Å²) >= 11 is 0. The highest BCUT2D eigenvalue weighted by Crippen LogP contribution is 2.30. The SMILES string of the molecule is O=C(NCCNC(=O)c1cc(F)c(O[C@H]2CC[C@@H](C(=O)O)CC2)cc1F)c1ccc(N2CCCCC2)cc1. The van der Waals surface area contributed by atoms with Crippen LogP contribution in [0.15, 0.2) is 36.4 Å². The Morgan fingerprint density at radius 1 is 0.868 bits per heavy atom. The first-order valence-corrected chi connectivity index (χ1v) is 13.1. The van der Waals surface area contributed by atoms with E-state index in [2.05, 4.69) is 15.5 Å². The first-order chi connectivity index (χ1) is 18.3. The number of hydrogen-bond donors (Lipinski definition) is 3. The number of aliphatic carboxylic acids is 1. The maximum Gasteiger partial charge on any atom is 0.306 e. The van der Waals surface area contributed by atoms with E-state index in [0.29, 0.717) is 31.2 Å². The van der Waals surface area contributed by atoms with Crippen molar-refractivity contribution in [1.29, 1.82) is 0 Å². The Kier molecular flexibility index (Phi) is 9.15. The van der Waals surface area contributed by atoms with Gasteiger partial charge in [-0.3, -0.25) is 14.4 Å². The zero-order valence-electron chi connectivity index (χ0n) is 21.2. The molecular weight excluding hydrogens is 496 g/mol. The van der Waals surface area contributed by atoms with Gasteiger partial charge in [0.1, 0.15) is 5.82 Å². The smallest absolute Gasteiger partial charge is 0.306 e. The monoisotopic (exact) mass is 529 g/mol. The Morgan fingerprint density at radius 2 is 1.50 bits per heavy atom. The van der Waals surface area contributed by atoms with Crippen molar-refractivity contribution >= 4 is 23.5 Å². The van der Waals surface area contributed by atoms with Crippen molar-refractivity contribution in [3.8, 4) is 5.75 Å². The van der Waals surface area contributed by atoms with E-state index in [0.717, 1.165) is 30.9 Å². The van der Waals surface area contributed by atoms with Crippen LogP contribution in [0, 0.1) is 17.6 Å². The number of carboxylic acids is 1. The summed E-state index contributed by atoms with van der Waals surface area (Å²) in [5, 5.41) is 14.3. The fourth-order valence-electron chi connectivity index (χ4n) is 4.93. The van der Waals surface area contributed by atoms with Gasteiger partial charge in [0.05, 0.1) is 17.6 Å². The Labute approximate surface area is 220 Å². The molecule has 0 atom stereocenters. The summed E-state index contributed by atoms with van der Waals surface area (Å²) in [5.41, 5.74) is 1.12. The van der Waals surface area contributed by atoms with Crippen LogP contribution >= 0.6 is 0 Å². The van der Waals surface area contributed by atoms with Gasteiger partial charge >= 0.3 is 5.97 Å². The summed E-state index contributed by atoms with van der Waals surface area (Å²) in [4.78, 5) is 38.2. The third-order valence-corrected chi connectivity index (χ3v) is 7.13. The molecule has 1 saturated carbocycles. The Hall–Kier alpha value is -3.69. The number of rotatable bonds is 9. The van der Waals surface area contributed by atoms with E-state index in [-0.39, 0.29) is 24.7 Å². The number of hydrogen-bond acceptors (Lipinski definition) is 5. The Bertz CT molecular complexity index is 1140. The molecule has 0 bridgehead atoms. The molecule has 0 spiro atoms. The van der Waals surface area contributed by atoms with Crippen molar-refractivity contribution in [1.82, 2.24) is 10.6 Å². The zero-order valence-corrected chi connectivity index (χ0v) is 21.2. The topological polar surface area (TPSA) is 108 Å². The minimum absolute atomic E-state index is 0.0303. The molecule has 0 unspecified atom stereocenters. The molecule has 0 aromatic heterocycles. The minimum atomic E-state index is -0.934. The molecular formula is C28H33F2N3O5. The maximum atomic E-state index is 14.6. The van der Waals surface area contributed by atoms with Crippen LogP contribution in [0.4, 0.5) is 14.5 Å². The van der Waals surface area contributed by atoms with Gasteiger partial charge in [-0.15, -0.1) is 0 Å². The molecule has 1 aliphatic heterocycles. The van der Waals surface area contributed by atoms with Gasteiger partial charge in [0.15, 0.2) is 11.6 Å². The van der Waals surface area contributed by atoms with Crippen LogP contribution in [-0.2, 0) is 4.79 Å². The largest absolute Gasteiger partial charge is 0.487 e. The highest BCUT2D eigenvalue weighted by molar-refractivity contribution is 5.95. The highest BCUT2D eigenvalue weighted by Gasteiger charge is 2.28. The first-order valence-electron chi connectivity index (χ1n) is 13.1. The molecule has 2 aliphatic rings. The number of ether oxygens (including phenoxy) is 1. The molecule has 2 amide bonds. The number of piperidine rings is 1. The number of carbonyl (C=O) groups is 3.